The minimum Gasteiger partial charge on any atom is -0.379 e. The molecular formula is C15H25NO. The lowest BCUT2D eigenvalue weighted by Gasteiger charge is -2.18. The maximum absolute atomic E-state index is 5.75. The third kappa shape index (κ3) is 5.85. The van der Waals surface area contributed by atoms with Gasteiger partial charge in [0.05, 0.1) is 12.6 Å². The molecule has 1 aromatic carbocycles. The van der Waals surface area contributed by atoms with Crippen molar-refractivity contribution in [1.82, 2.24) is 5.32 Å². The molecule has 2 heteroatoms. The van der Waals surface area contributed by atoms with Crippen LogP contribution in [0.15, 0.2) is 30.3 Å². The van der Waals surface area contributed by atoms with Gasteiger partial charge in [-0.1, -0.05) is 51.1 Å². The van der Waals surface area contributed by atoms with Crippen LogP contribution in [0.25, 0.3) is 0 Å². The van der Waals surface area contributed by atoms with Crippen LogP contribution in [0.5, 0.6) is 0 Å². The van der Waals surface area contributed by atoms with Gasteiger partial charge < -0.3 is 10.1 Å². The van der Waals surface area contributed by atoms with Crippen molar-refractivity contribution in [3.8, 4) is 0 Å². The molecule has 1 rings (SSSR count). The molecule has 0 spiro atoms. The van der Waals surface area contributed by atoms with Gasteiger partial charge in [-0.15, -0.1) is 0 Å². The number of hydrogen-bond acceptors (Lipinski definition) is 2. The van der Waals surface area contributed by atoms with E-state index in [1.807, 2.05) is 6.07 Å². The highest BCUT2D eigenvalue weighted by atomic mass is 16.5. The summed E-state index contributed by atoms with van der Waals surface area (Å²) in [6.45, 7) is 9.15. The van der Waals surface area contributed by atoms with Crippen molar-refractivity contribution in [1.29, 1.82) is 0 Å². The molecule has 96 valence electrons. The highest BCUT2D eigenvalue weighted by Gasteiger charge is 2.09. The molecule has 0 aliphatic rings. The summed E-state index contributed by atoms with van der Waals surface area (Å²) in [4.78, 5) is 0. The lowest BCUT2D eigenvalue weighted by molar-refractivity contribution is 0.103. The molecule has 0 fully saturated rings. The Bertz CT molecular complexity index is 284. The van der Waals surface area contributed by atoms with Crippen LogP contribution in [0.2, 0.25) is 0 Å². The number of nitrogens with one attached hydrogen (secondary N) is 1. The molecule has 17 heavy (non-hydrogen) atoms. The van der Waals surface area contributed by atoms with E-state index in [2.05, 4.69) is 50.4 Å². The van der Waals surface area contributed by atoms with Gasteiger partial charge in [0.2, 0.25) is 0 Å². The van der Waals surface area contributed by atoms with Gasteiger partial charge in [-0.2, -0.15) is 0 Å². The summed E-state index contributed by atoms with van der Waals surface area (Å²) in [7, 11) is 0. The third-order valence-corrected chi connectivity index (χ3v) is 2.78. The molecule has 1 atom stereocenters. The minimum absolute atomic E-state index is 0.313. The van der Waals surface area contributed by atoms with Crippen molar-refractivity contribution >= 4 is 0 Å². The largest absolute Gasteiger partial charge is 0.379 e. The zero-order valence-corrected chi connectivity index (χ0v) is 11.3. The van der Waals surface area contributed by atoms with Gasteiger partial charge in [0.1, 0.15) is 0 Å². The Morgan fingerprint density at radius 2 is 1.88 bits per heavy atom. The second-order valence-corrected chi connectivity index (χ2v) is 4.78. The summed E-state index contributed by atoms with van der Waals surface area (Å²) in [6.07, 6.45) is 1.13. The van der Waals surface area contributed by atoms with E-state index in [0.717, 1.165) is 26.2 Å². The molecule has 0 radical (unpaired) electrons. The molecule has 2 nitrogen and oxygen atoms in total. The SMILES string of the molecule is CCNC(COCCC(C)C)c1ccccc1. The summed E-state index contributed by atoms with van der Waals surface area (Å²) in [5.74, 6) is 0.712. The summed E-state index contributed by atoms with van der Waals surface area (Å²) >= 11 is 0. The second kappa shape index (κ2) is 8.26. The number of rotatable bonds is 8. The lowest BCUT2D eigenvalue weighted by atomic mass is 10.1. The maximum Gasteiger partial charge on any atom is 0.0661 e. The van der Waals surface area contributed by atoms with E-state index in [0.29, 0.717) is 12.0 Å². The Morgan fingerprint density at radius 1 is 1.18 bits per heavy atom. The first-order valence-corrected chi connectivity index (χ1v) is 6.60. The average molecular weight is 235 g/mol. The van der Waals surface area contributed by atoms with Gasteiger partial charge in [-0.25, -0.2) is 0 Å². The Balaban J connectivity index is 2.39. The Morgan fingerprint density at radius 3 is 2.47 bits per heavy atom. The van der Waals surface area contributed by atoms with Gasteiger partial charge in [-0.3, -0.25) is 0 Å². The third-order valence-electron chi connectivity index (χ3n) is 2.78. The molecule has 0 bridgehead atoms. The van der Waals surface area contributed by atoms with Crippen molar-refractivity contribution in [3.63, 3.8) is 0 Å². The smallest absolute Gasteiger partial charge is 0.0661 e. The van der Waals surface area contributed by atoms with Crippen molar-refractivity contribution < 1.29 is 4.74 Å². The fraction of sp³-hybridized carbons (Fsp3) is 0.600. The Labute approximate surface area is 105 Å². The van der Waals surface area contributed by atoms with E-state index in [9.17, 15) is 0 Å². The number of likely N-dealkylation sites (N-methyl/N-ethyl adjacent to an activating group) is 1. The standard InChI is InChI=1S/C15H25NO/c1-4-16-15(12-17-11-10-13(2)3)14-8-6-5-7-9-14/h5-9,13,15-16H,4,10-12H2,1-3H3. The van der Waals surface area contributed by atoms with Crippen LogP contribution >= 0.6 is 0 Å². The Hall–Kier alpha value is -0.860. The van der Waals surface area contributed by atoms with Gasteiger partial charge >= 0.3 is 0 Å². The monoisotopic (exact) mass is 235 g/mol. The maximum atomic E-state index is 5.75. The van der Waals surface area contributed by atoms with E-state index in [-0.39, 0.29) is 0 Å². The molecule has 1 unspecified atom stereocenters. The molecule has 0 aliphatic carbocycles. The van der Waals surface area contributed by atoms with Gasteiger partial charge in [0, 0.05) is 6.61 Å². The fourth-order valence-electron chi connectivity index (χ4n) is 1.72. The molecular weight excluding hydrogens is 210 g/mol. The first-order chi connectivity index (χ1) is 8.24. The van der Waals surface area contributed by atoms with E-state index < -0.39 is 0 Å². The second-order valence-electron chi connectivity index (χ2n) is 4.78. The summed E-state index contributed by atoms with van der Waals surface area (Å²) in [5, 5.41) is 3.46. The van der Waals surface area contributed by atoms with Crippen LogP contribution in [0.4, 0.5) is 0 Å². The molecule has 0 aromatic heterocycles. The van der Waals surface area contributed by atoms with Crippen LogP contribution in [0.3, 0.4) is 0 Å². The molecule has 0 saturated heterocycles. The highest BCUT2D eigenvalue weighted by Crippen LogP contribution is 2.13. The van der Waals surface area contributed by atoms with E-state index in [4.69, 9.17) is 4.74 Å². The number of hydrogen-bond donors (Lipinski definition) is 1. The van der Waals surface area contributed by atoms with Crippen LogP contribution in [0.1, 0.15) is 38.8 Å². The average Bonchev–Trinajstić information content (AvgIpc) is 2.34. The normalized spacial score (nSPS) is 12.9. The number of benzene rings is 1. The zero-order chi connectivity index (χ0) is 12.5. The molecule has 1 aromatic rings. The molecule has 0 amide bonds. The number of ether oxygens (including phenoxy) is 1. The first-order valence-electron chi connectivity index (χ1n) is 6.60. The van der Waals surface area contributed by atoms with E-state index in [1.54, 1.807) is 0 Å². The van der Waals surface area contributed by atoms with Crippen LogP contribution in [-0.4, -0.2) is 19.8 Å². The summed E-state index contributed by atoms with van der Waals surface area (Å²) in [5.41, 5.74) is 1.30. The highest BCUT2D eigenvalue weighted by molar-refractivity contribution is 5.18. The van der Waals surface area contributed by atoms with Gasteiger partial charge in [-0.05, 0) is 24.4 Å². The molecule has 0 aliphatic heterocycles. The van der Waals surface area contributed by atoms with E-state index in [1.165, 1.54) is 5.56 Å². The van der Waals surface area contributed by atoms with Crippen LogP contribution in [-0.2, 0) is 4.74 Å². The minimum atomic E-state index is 0.313. The lowest BCUT2D eigenvalue weighted by Crippen LogP contribution is -2.25. The van der Waals surface area contributed by atoms with Crippen molar-refractivity contribution in [2.75, 3.05) is 19.8 Å². The predicted molar refractivity (Wildman–Crippen MR) is 73.1 cm³/mol. The molecule has 1 N–H and O–H groups in total. The van der Waals surface area contributed by atoms with Gasteiger partial charge in [0.15, 0.2) is 0 Å². The van der Waals surface area contributed by atoms with Crippen molar-refractivity contribution in [2.45, 2.75) is 33.2 Å². The summed E-state index contributed by atoms with van der Waals surface area (Å²) in [6, 6.07) is 10.8. The molecule has 0 heterocycles. The predicted octanol–water partition coefficient (Wildman–Crippen LogP) is 3.40. The first kappa shape index (κ1) is 14.2. The van der Waals surface area contributed by atoms with Crippen molar-refractivity contribution in [2.24, 2.45) is 5.92 Å². The van der Waals surface area contributed by atoms with Crippen LogP contribution < -0.4 is 5.32 Å². The molecule has 0 saturated carbocycles. The van der Waals surface area contributed by atoms with E-state index >= 15 is 0 Å². The van der Waals surface area contributed by atoms with Crippen molar-refractivity contribution in [3.05, 3.63) is 35.9 Å². The quantitative estimate of drug-likeness (QED) is 0.697. The van der Waals surface area contributed by atoms with Gasteiger partial charge in [0.25, 0.3) is 0 Å². The topological polar surface area (TPSA) is 21.3 Å². The van der Waals surface area contributed by atoms with Crippen LogP contribution in [0, 0.1) is 5.92 Å². The summed E-state index contributed by atoms with van der Waals surface area (Å²) < 4.78 is 5.75. The fourth-order valence-corrected chi connectivity index (χ4v) is 1.72. The zero-order valence-electron chi connectivity index (χ0n) is 11.3. The Kier molecular flexibility index (Phi) is 6.90.